The van der Waals surface area contributed by atoms with E-state index in [0.29, 0.717) is 32.1 Å². The fraction of sp³-hybridized carbons (Fsp3) is 0.478. The van der Waals surface area contributed by atoms with Gasteiger partial charge in [0.05, 0.1) is 23.0 Å². The van der Waals surface area contributed by atoms with E-state index in [1.54, 1.807) is 18.6 Å². The van der Waals surface area contributed by atoms with Crippen LogP contribution in [0, 0.1) is 0 Å². The molecule has 8 heteroatoms. The molecule has 7 nitrogen and oxygen atoms in total. The van der Waals surface area contributed by atoms with Gasteiger partial charge in [-0.25, -0.2) is 4.39 Å². The van der Waals surface area contributed by atoms with Crippen molar-refractivity contribution in [2.45, 2.75) is 43.8 Å². The van der Waals surface area contributed by atoms with E-state index in [4.69, 9.17) is 9.47 Å². The molecule has 3 aromatic rings. The summed E-state index contributed by atoms with van der Waals surface area (Å²) in [4.78, 5) is 19.6. The number of fused-ring (bicyclic) bond motifs is 2. The van der Waals surface area contributed by atoms with Crippen molar-refractivity contribution in [3.05, 3.63) is 48.5 Å². The highest BCUT2D eigenvalue weighted by molar-refractivity contribution is 5.82. The molecule has 2 fully saturated rings. The highest BCUT2D eigenvalue weighted by Gasteiger charge is 2.49. The Labute approximate surface area is 180 Å². The van der Waals surface area contributed by atoms with Crippen LogP contribution < -0.4 is 9.47 Å². The highest BCUT2D eigenvalue weighted by Crippen LogP contribution is 2.40. The molecule has 0 aliphatic carbocycles. The number of nitrogens with zero attached hydrogens (tertiary/aromatic N) is 5. The number of hydrogen-bond donors (Lipinski definition) is 0. The number of rotatable bonds is 8. The van der Waals surface area contributed by atoms with Crippen LogP contribution in [0.2, 0.25) is 0 Å². The second kappa shape index (κ2) is 8.70. The standard InChI is InChI=1S/C23H26FN5O2/c24-18-12-23(7-3-10-29(23)15-18)16-31-22-27-20-6-9-26-14-19(20)21(28-22)30-11-2-5-17-4-1-8-25-13-17/h1,4,6,8-9,13-14,18H,2-3,5,7,10-12,15-16H2/t18-,23+/m1/s1. The second-order valence-electron chi connectivity index (χ2n) is 8.38. The third-order valence-electron chi connectivity index (χ3n) is 6.24. The number of hydrogen-bond acceptors (Lipinski definition) is 7. The van der Waals surface area contributed by atoms with Crippen molar-refractivity contribution in [1.82, 2.24) is 24.8 Å². The molecule has 0 unspecified atom stereocenters. The molecule has 0 aromatic carbocycles. The van der Waals surface area contributed by atoms with Crippen LogP contribution in [-0.4, -0.2) is 62.8 Å². The lowest BCUT2D eigenvalue weighted by Gasteiger charge is -2.30. The summed E-state index contributed by atoms with van der Waals surface area (Å²) in [5, 5.41) is 0.751. The molecule has 0 spiro atoms. The maximum Gasteiger partial charge on any atom is 0.320 e. The Morgan fingerprint density at radius 1 is 1.13 bits per heavy atom. The minimum atomic E-state index is -0.786. The molecule has 3 aromatic heterocycles. The second-order valence-corrected chi connectivity index (χ2v) is 8.38. The van der Waals surface area contributed by atoms with E-state index in [2.05, 4.69) is 30.9 Å². The molecule has 0 bridgehead atoms. The van der Waals surface area contributed by atoms with E-state index in [9.17, 15) is 4.39 Å². The third-order valence-corrected chi connectivity index (χ3v) is 6.24. The molecule has 2 aliphatic heterocycles. The van der Waals surface area contributed by atoms with Crippen LogP contribution in [-0.2, 0) is 6.42 Å². The van der Waals surface area contributed by atoms with Crippen molar-refractivity contribution in [3.63, 3.8) is 0 Å². The van der Waals surface area contributed by atoms with Crippen LogP contribution in [0.4, 0.5) is 4.39 Å². The summed E-state index contributed by atoms with van der Waals surface area (Å²) in [5.74, 6) is 0.467. The summed E-state index contributed by atoms with van der Waals surface area (Å²) < 4.78 is 26.0. The summed E-state index contributed by atoms with van der Waals surface area (Å²) in [6.45, 7) is 2.33. The van der Waals surface area contributed by atoms with Crippen molar-refractivity contribution in [3.8, 4) is 11.9 Å². The van der Waals surface area contributed by atoms with Gasteiger partial charge in [0.25, 0.3) is 0 Å². The number of alkyl halides is 1. The molecule has 2 atom stereocenters. The minimum absolute atomic E-state index is 0.235. The maximum atomic E-state index is 14.0. The molecule has 0 N–H and O–H groups in total. The number of aryl methyl sites for hydroxylation is 1. The number of aromatic nitrogens is 4. The summed E-state index contributed by atoms with van der Waals surface area (Å²) in [7, 11) is 0. The molecular formula is C23H26FN5O2. The molecule has 0 amide bonds. The lowest BCUT2D eigenvalue weighted by atomic mass is 9.95. The highest BCUT2D eigenvalue weighted by atomic mass is 19.1. The first-order valence-corrected chi connectivity index (χ1v) is 10.9. The molecule has 31 heavy (non-hydrogen) atoms. The normalized spacial score (nSPS) is 23.2. The zero-order chi connectivity index (χ0) is 21.1. The van der Waals surface area contributed by atoms with E-state index in [1.165, 1.54) is 5.56 Å². The average molecular weight is 423 g/mol. The summed E-state index contributed by atoms with van der Waals surface area (Å²) >= 11 is 0. The van der Waals surface area contributed by atoms with Gasteiger partial charge in [-0.2, -0.15) is 9.97 Å². The van der Waals surface area contributed by atoms with Crippen LogP contribution >= 0.6 is 0 Å². The van der Waals surface area contributed by atoms with Gasteiger partial charge >= 0.3 is 6.01 Å². The molecule has 162 valence electrons. The zero-order valence-electron chi connectivity index (χ0n) is 17.4. The first kappa shape index (κ1) is 20.1. The fourth-order valence-corrected chi connectivity index (χ4v) is 4.74. The van der Waals surface area contributed by atoms with Gasteiger partial charge in [-0.05, 0) is 49.9 Å². The van der Waals surface area contributed by atoms with E-state index < -0.39 is 6.17 Å². The van der Waals surface area contributed by atoms with Crippen molar-refractivity contribution < 1.29 is 13.9 Å². The average Bonchev–Trinajstić information content (AvgIpc) is 3.31. The molecule has 2 saturated heterocycles. The third kappa shape index (κ3) is 4.30. The number of ether oxygens (including phenoxy) is 2. The van der Waals surface area contributed by atoms with E-state index in [-0.39, 0.29) is 11.5 Å². The van der Waals surface area contributed by atoms with Crippen molar-refractivity contribution in [2.75, 3.05) is 26.3 Å². The van der Waals surface area contributed by atoms with E-state index in [0.717, 1.165) is 43.1 Å². The first-order valence-electron chi connectivity index (χ1n) is 10.9. The van der Waals surface area contributed by atoms with E-state index in [1.807, 2.05) is 18.3 Å². The van der Waals surface area contributed by atoms with Crippen molar-refractivity contribution in [2.24, 2.45) is 0 Å². The summed E-state index contributed by atoms with van der Waals surface area (Å²) in [6, 6.07) is 6.08. The summed E-state index contributed by atoms with van der Waals surface area (Å²) in [5.41, 5.74) is 1.66. The van der Waals surface area contributed by atoms with Gasteiger partial charge in [-0.1, -0.05) is 6.07 Å². The lowest BCUT2D eigenvalue weighted by Crippen LogP contribution is -2.43. The largest absolute Gasteiger partial charge is 0.477 e. The molecule has 2 aliphatic rings. The quantitative estimate of drug-likeness (QED) is 0.514. The molecule has 5 rings (SSSR count). The zero-order valence-corrected chi connectivity index (χ0v) is 17.4. The predicted molar refractivity (Wildman–Crippen MR) is 114 cm³/mol. The molecule has 0 radical (unpaired) electrons. The van der Waals surface area contributed by atoms with Crippen molar-refractivity contribution >= 4 is 10.9 Å². The lowest BCUT2D eigenvalue weighted by molar-refractivity contribution is 0.107. The van der Waals surface area contributed by atoms with Gasteiger partial charge in [0.1, 0.15) is 12.8 Å². The Morgan fingerprint density at radius 3 is 2.97 bits per heavy atom. The monoisotopic (exact) mass is 423 g/mol. The molecule has 5 heterocycles. The Bertz CT molecular complexity index is 1040. The molecule has 0 saturated carbocycles. The smallest absolute Gasteiger partial charge is 0.320 e. The van der Waals surface area contributed by atoms with Gasteiger partial charge in [0.2, 0.25) is 5.88 Å². The Morgan fingerprint density at radius 2 is 2.06 bits per heavy atom. The topological polar surface area (TPSA) is 73.3 Å². The van der Waals surface area contributed by atoms with Gasteiger partial charge in [0.15, 0.2) is 0 Å². The predicted octanol–water partition coefficient (Wildman–Crippen LogP) is 3.39. The minimum Gasteiger partial charge on any atom is -0.477 e. The molecular weight excluding hydrogens is 397 g/mol. The van der Waals surface area contributed by atoms with Crippen LogP contribution in [0.25, 0.3) is 10.9 Å². The SMILES string of the molecule is F[C@H]1CN2CCC[C@@]2(COc2nc(OCCCc3cccnc3)c3cnccc3n2)C1. The van der Waals surface area contributed by atoms with Crippen molar-refractivity contribution in [1.29, 1.82) is 0 Å². The van der Waals surface area contributed by atoms with Crippen LogP contribution in [0.15, 0.2) is 43.0 Å². The first-order chi connectivity index (χ1) is 15.2. The fourth-order valence-electron chi connectivity index (χ4n) is 4.74. The Balaban J connectivity index is 1.28. The Kier molecular flexibility index (Phi) is 5.63. The summed E-state index contributed by atoms with van der Waals surface area (Å²) in [6.07, 6.45) is 10.5. The van der Waals surface area contributed by atoms with Gasteiger partial charge in [-0.15, -0.1) is 0 Å². The Hall–Kier alpha value is -2.87. The van der Waals surface area contributed by atoms with Gasteiger partial charge < -0.3 is 9.47 Å². The van der Waals surface area contributed by atoms with E-state index >= 15 is 0 Å². The number of halogens is 1. The maximum absolute atomic E-state index is 14.0. The van der Waals surface area contributed by atoms with Crippen LogP contribution in [0.1, 0.15) is 31.2 Å². The van der Waals surface area contributed by atoms with Gasteiger partial charge in [0, 0.05) is 37.8 Å². The van der Waals surface area contributed by atoms with Gasteiger partial charge in [-0.3, -0.25) is 14.9 Å². The van der Waals surface area contributed by atoms with Crippen LogP contribution in [0.3, 0.4) is 0 Å². The van der Waals surface area contributed by atoms with Crippen LogP contribution in [0.5, 0.6) is 11.9 Å². The number of pyridine rings is 2.